The predicted octanol–water partition coefficient (Wildman–Crippen LogP) is 0.513. The van der Waals surface area contributed by atoms with E-state index in [0.717, 1.165) is 24.8 Å². The summed E-state index contributed by atoms with van der Waals surface area (Å²) in [7, 11) is 0. The molecule has 1 aromatic carbocycles. The number of allylic oxidation sites excluding steroid dienone is 1. The number of hydrogen-bond acceptors (Lipinski definition) is 5. The van der Waals surface area contributed by atoms with Crippen LogP contribution in [0.2, 0.25) is 0 Å². The molecule has 5 nitrogen and oxygen atoms in total. The molecule has 1 unspecified atom stereocenters. The van der Waals surface area contributed by atoms with Gasteiger partial charge in [0.05, 0.1) is 11.7 Å². The molecule has 1 atom stereocenters. The second-order valence-corrected chi connectivity index (χ2v) is 4.09. The lowest BCUT2D eigenvalue weighted by molar-refractivity contribution is -0.105. The molecule has 0 saturated carbocycles. The summed E-state index contributed by atoms with van der Waals surface area (Å²) in [6.07, 6.45) is 3.28. The number of aldehydes is 2. The summed E-state index contributed by atoms with van der Waals surface area (Å²) in [5.41, 5.74) is 2.16. The van der Waals surface area contributed by atoms with Crippen molar-refractivity contribution >= 4 is 18.3 Å². The lowest BCUT2D eigenvalue weighted by Gasteiger charge is -2.24. The highest BCUT2D eigenvalue weighted by atomic mass is 16.1. The van der Waals surface area contributed by atoms with Crippen molar-refractivity contribution in [3.8, 4) is 0 Å². The van der Waals surface area contributed by atoms with E-state index in [2.05, 4.69) is 16.0 Å². The summed E-state index contributed by atoms with van der Waals surface area (Å²) in [5.74, 6) is 0. The summed E-state index contributed by atoms with van der Waals surface area (Å²) >= 11 is 0. The first kappa shape index (κ1) is 12.2. The fourth-order valence-corrected chi connectivity index (χ4v) is 1.75. The zero-order valence-electron chi connectivity index (χ0n) is 9.85. The zero-order chi connectivity index (χ0) is 12.8. The molecule has 0 amide bonds. The first-order valence-electron chi connectivity index (χ1n) is 5.76. The smallest absolute Gasteiger partial charge is 0.167 e. The van der Waals surface area contributed by atoms with Gasteiger partial charge in [-0.25, -0.2) is 0 Å². The molecule has 1 aliphatic heterocycles. The molecule has 2 rings (SSSR count). The van der Waals surface area contributed by atoms with E-state index < -0.39 is 0 Å². The van der Waals surface area contributed by atoms with Gasteiger partial charge in [0.15, 0.2) is 6.29 Å². The van der Waals surface area contributed by atoms with Crippen molar-refractivity contribution in [2.45, 2.75) is 6.04 Å². The number of benzene rings is 1. The van der Waals surface area contributed by atoms with Crippen molar-refractivity contribution in [1.29, 1.82) is 0 Å². The van der Waals surface area contributed by atoms with Gasteiger partial charge in [-0.1, -0.05) is 0 Å². The number of hydrogen-bond donors (Lipinski definition) is 3. The van der Waals surface area contributed by atoms with Crippen molar-refractivity contribution in [3.63, 3.8) is 0 Å². The Morgan fingerprint density at radius 2 is 2.00 bits per heavy atom. The maximum Gasteiger partial charge on any atom is 0.167 e. The molecule has 0 radical (unpaired) electrons. The molecular weight excluding hydrogens is 230 g/mol. The Kier molecular flexibility index (Phi) is 3.96. The van der Waals surface area contributed by atoms with Crippen molar-refractivity contribution in [2.24, 2.45) is 0 Å². The van der Waals surface area contributed by atoms with Gasteiger partial charge in [-0.2, -0.15) is 0 Å². The van der Waals surface area contributed by atoms with Crippen LogP contribution in [0.5, 0.6) is 0 Å². The van der Waals surface area contributed by atoms with E-state index in [1.54, 1.807) is 18.3 Å². The molecule has 0 spiro atoms. The molecule has 94 valence electrons. The lowest BCUT2D eigenvalue weighted by Crippen LogP contribution is -2.46. The van der Waals surface area contributed by atoms with Gasteiger partial charge in [-0.05, 0) is 24.3 Å². The average Bonchev–Trinajstić information content (AvgIpc) is 2.46. The maximum absolute atomic E-state index is 10.6. The van der Waals surface area contributed by atoms with Crippen LogP contribution >= 0.6 is 0 Å². The Morgan fingerprint density at radius 3 is 2.67 bits per heavy atom. The minimum Gasteiger partial charge on any atom is -0.387 e. The number of rotatable bonds is 5. The second kappa shape index (κ2) is 5.86. The van der Waals surface area contributed by atoms with Gasteiger partial charge in [0.25, 0.3) is 0 Å². The first-order chi connectivity index (χ1) is 8.81. The number of carbonyl (C=O) groups is 2. The molecular formula is C13H15N3O2. The van der Waals surface area contributed by atoms with E-state index in [1.807, 2.05) is 12.1 Å². The Bertz CT molecular complexity index is 454. The quantitative estimate of drug-likeness (QED) is 0.659. The fourth-order valence-electron chi connectivity index (χ4n) is 1.75. The fraction of sp³-hybridized carbons (Fsp3) is 0.231. The van der Waals surface area contributed by atoms with Crippen LogP contribution in [0.15, 0.2) is 36.2 Å². The third kappa shape index (κ3) is 3.10. The maximum atomic E-state index is 10.6. The van der Waals surface area contributed by atoms with Crippen molar-refractivity contribution in [1.82, 2.24) is 10.6 Å². The van der Waals surface area contributed by atoms with E-state index in [9.17, 15) is 9.59 Å². The Morgan fingerprint density at radius 1 is 1.22 bits per heavy atom. The Balaban J connectivity index is 1.85. The van der Waals surface area contributed by atoms with Crippen LogP contribution < -0.4 is 16.0 Å². The summed E-state index contributed by atoms with van der Waals surface area (Å²) in [4.78, 5) is 21.1. The van der Waals surface area contributed by atoms with E-state index in [1.165, 1.54) is 0 Å². The Labute approximate surface area is 105 Å². The van der Waals surface area contributed by atoms with E-state index in [4.69, 9.17) is 0 Å². The van der Waals surface area contributed by atoms with Gasteiger partial charge < -0.3 is 16.0 Å². The number of anilines is 1. The van der Waals surface area contributed by atoms with Crippen molar-refractivity contribution in [2.75, 3.05) is 18.4 Å². The molecule has 5 heteroatoms. The SMILES string of the molecule is O=CC1=CNCC(CNc2ccc(C=O)cc2)N1. The molecule has 3 N–H and O–H groups in total. The van der Waals surface area contributed by atoms with E-state index in [-0.39, 0.29) is 6.04 Å². The van der Waals surface area contributed by atoms with Gasteiger partial charge in [0, 0.05) is 30.5 Å². The van der Waals surface area contributed by atoms with Crippen molar-refractivity contribution < 1.29 is 9.59 Å². The van der Waals surface area contributed by atoms with E-state index >= 15 is 0 Å². The molecule has 18 heavy (non-hydrogen) atoms. The number of nitrogens with one attached hydrogen (secondary N) is 3. The standard InChI is InChI=1S/C13H15N3O2/c17-8-10-1-3-11(4-2-10)15-7-12-5-14-6-13(9-18)16-12/h1-4,6,8-9,12,14-16H,5,7H2. The normalized spacial score (nSPS) is 18.0. The van der Waals surface area contributed by atoms with Crippen LogP contribution in [-0.4, -0.2) is 31.7 Å². The number of carbonyl (C=O) groups excluding carboxylic acids is 2. The van der Waals surface area contributed by atoms with Crippen LogP contribution in [0.1, 0.15) is 10.4 Å². The zero-order valence-corrected chi connectivity index (χ0v) is 9.85. The molecule has 1 aliphatic rings. The lowest BCUT2D eigenvalue weighted by atomic mass is 10.2. The van der Waals surface area contributed by atoms with Gasteiger partial charge >= 0.3 is 0 Å². The summed E-state index contributed by atoms with van der Waals surface area (Å²) < 4.78 is 0. The highest BCUT2D eigenvalue weighted by Crippen LogP contribution is 2.08. The molecule has 0 aliphatic carbocycles. The van der Waals surface area contributed by atoms with E-state index in [0.29, 0.717) is 17.8 Å². The van der Waals surface area contributed by atoms with Gasteiger partial charge in [-0.3, -0.25) is 9.59 Å². The summed E-state index contributed by atoms with van der Waals surface area (Å²) in [6, 6.07) is 7.39. The average molecular weight is 245 g/mol. The van der Waals surface area contributed by atoms with Crippen LogP contribution in [0.3, 0.4) is 0 Å². The third-order valence-electron chi connectivity index (χ3n) is 2.72. The van der Waals surface area contributed by atoms with Crippen LogP contribution in [0.4, 0.5) is 5.69 Å². The Hall–Kier alpha value is -2.30. The molecule has 0 aromatic heterocycles. The third-order valence-corrected chi connectivity index (χ3v) is 2.72. The topological polar surface area (TPSA) is 70.2 Å². The van der Waals surface area contributed by atoms with Crippen LogP contribution in [0.25, 0.3) is 0 Å². The highest BCUT2D eigenvalue weighted by Gasteiger charge is 2.12. The minimum absolute atomic E-state index is 0.154. The highest BCUT2D eigenvalue weighted by molar-refractivity contribution is 5.75. The first-order valence-corrected chi connectivity index (χ1v) is 5.76. The molecule has 1 aromatic rings. The van der Waals surface area contributed by atoms with Gasteiger partial charge in [-0.15, -0.1) is 0 Å². The predicted molar refractivity (Wildman–Crippen MR) is 69.4 cm³/mol. The van der Waals surface area contributed by atoms with Gasteiger partial charge in [0.2, 0.25) is 0 Å². The molecule has 0 saturated heterocycles. The second-order valence-electron chi connectivity index (χ2n) is 4.09. The van der Waals surface area contributed by atoms with Gasteiger partial charge in [0.1, 0.15) is 6.29 Å². The minimum atomic E-state index is 0.154. The monoisotopic (exact) mass is 245 g/mol. The molecule has 1 heterocycles. The molecule has 0 fully saturated rings. The van der Waals surface area contributed by atoms with Crippen molar-refractivity contribution in [3.05, 3.63) is 41.7 Å². The molecule has 0 bridgehead atoms. The summed E-state index contributed by atoms with van der Waals surface area (Å²) in [5, 5.41) is 9.40. The summed E-state index contributed by atoms with van der Waals surface area (Å²) in [6.45, 7) is 1.45. The largest absolute Gasteiger partial charge is 0.387 e. The van der Waals surface area contributed by atoms with Crippen LogP contribution in [-0.2, 0) is 4.79 Å². The van der Waals surface area contributed by atoms with Crippen LogP contribution in [0, 0.1) is 0 Å².